The van der Waals surface area contributed by atoms with Crippen molar-refractivity contribution in [3.8, 4) is 33.4 Å². The molecule has 11 aromatic rings. The Morgan fingerprint density at radius 2 is 0.893 bits per heavy atom. The molecule has 0 N–H and O–H groups in total. The predicted octanol–water partition coefficient (Wildman–Crippen LogP) is 16.0. The van der Waals surface area contributed by atoms with Crippen molar-refractivity contribution < 1.29 is 0 Å². The fourth-order valence-corrected chi connectivity index (χ4v) is 9.77. The van der Waals surface area contributed by atoms with Gasteiger partial charge in [0.1, 0.15) is 0 Å². The molecule has 1 heterocycles. The van der Waals surface area contributed by atoms with E-state index < -0.39 is 0 Å². The Hall–Kier alpha value is -7.00. The molecule has 0 atom stereocenters. The first-order valence-corrected chi connectivity index (χ1v) is 20.0. The van der Waals surface area contributed by atoms with Crippen LogP contribution in [0.3, 0.4) is 0 Å². The maximum atomic E-state index is 2.46. The van der Waals surface area contributed by atoms with Crippen LogP contribution in [-0.4, -0.2) is 0 Å². The monoisotopic (exact) mass is 729 g/mol. The summed E-state index contributed by atoms with van der Waals surface area (Å²) in [6.45, 7) is 0. The van der Waals surface area contributed by atoms with Crippen molar-refractivity contribution in [2.45, 2.75) is 0 Å². The second-order valence-corrected chi connectivity index (χ2v) is 15.5. The molecule has 56 heavy (non-hydrogen) atoms. The molecule has 2 heteroatoms. The van der Waals surface area contributed by atoms with Gasteiger partial charge in [-0.15, -0.1) is 11.3 Å². The minimum Gasteiger partial charge on any atom is -0.310 e. The highest BCUT2D eigenvalue weighted by Crippen LogP contribution is 2.49. The molecular formula is C54H35NS. The third-order valence-electron chi connectivity index (χ3n) is 11.2. The first kappa shape index (κ1) is 32.4. The molecule has 0 aliphatic heterocycles. The van der Waals surface area contributed by atoms with E-state index >= 15 is 0 Å². The minimum atomic E-state index is 1.12. The van der Waals surface area contributed by atoms with Crippen LogP contribution in [-0.2, 0) is 0 Å². The summed E-state index contributed by atoms with van der Waals surface area (Å²) in [7, 11) is 0. The van der Waals surface area contributed by atoms with Crippen LogP contribution in [0.2, 0.25) is 0 Å². The molecule has 0 fully saturated rings. The first-order chi connectivity index (χ1) is 27.8. The maximum absolute atomic E-state index is 2.46. The summed E-state index contributed by atoms with van der Waals surface area (Å²) < 4.78 is 2.60. The molecule has 0 bridgehead atoms. The zero-order chi connectivity index (χ0) is 37.0. The van der Waals surface area contributed by atoms with Gasteiger partial charge < -0.3 is 4.90 Å². The summed E-state index contributed by atoms with van der Waals surface area (Å²) in [4.78, 5) is 2.45. The van der Waals surface area contributed by atoms with E-state index in [0.717, 1.165) is 11.4 Å². The molecule has 0 amide bonds. The zero-order valence-corrected chi connectivity index (χ0v) is 31.4. The Balaban J connectivity index is 1.12. The predicted molar refractivity (Wildman–Crippen MR) is 243 cm³/mol. The number of hydrogen-bond donors (Lipinski definition) is 0. The van der Waals surface area contributed by atoms with E-state index in [2.05, 4.69) is 217 Å². The number of benzene rings is 10. The van der Waals surface area contributed by atoms with Gasteiger partial charge in [0, 0.05) is 36.9 Å². The quantitative estimate of drug-likeness (QED) is 0.165. The van der Waals surface area contributed by atoms with Crippen LogP contribution < -0.4 is 4.90 Å². The fraction of sp³-hybridized carbons (Fsp3) is 0. The third kappa shape index (κ3) is 5.46. The summed E-state index contributed by atoms with van der Waals surface area (Å²) in [6.07, 6.45) is 0. The van der Waals surface area contributed by atoms with E-state index in [9.17, 15) is 0 Å². The molecule has 0 aliphatic carbocycles. The molecule has 0 spiro atoms. The van der Waals surface area contributed by atoms with Crippen LogP contribution in [0.15, 0.2) is 212 Å². The molecule has 1 aromatic heterocycles. The molecule has 0 aliphatic rings. The van der Waals surface area contributed by atoms with Crippen molar-refractivity contribution in [1.29, 1.82) is 0 Å². The normalized spacial score (nSPS) is 11.6. The van der Waals surface area contributed by atoms with Gasteiger partial charge >= 0.3 is 0 Å². The third-order valence-corrected chi connectivity index (χ3v) is 12.4. The van der Waals surface area contributed by atoms with Crippen LogP contribution in [0.4, 0.5) is 17.1 Å². The lowest BCUT2D eigenvalue weighted by molar-refractivity contribution is 1.31. The molecule has 11 rings (SSSR count). The van der Waals surface area contributed by atoms with Gasteiger partial charge in [-0.25, -0.2) is 0 Å². The van der Waals surface area contributed by atoms with Crippen molar-refractivity contribution in [2.75, 3.05) is 4.90 Å². The maximum Gasteiger partial charge on any atom is 0.0554 e. The Morgan fingerprint density at radius 1 is 0.321 bits per heavy atom. The first-order valence-electron chi connectivity index (χ1n) is 19.2. The van der Waals surface area contributed by atoms with E-state index in [0.29, 0.717) is 0 Å². The van der Waals surface area contributed by atoms with Gasteiger partial charge in [0.05, 0.1) is 5.69 Å². The molecule has 10 aromatic carbocycles. The van der Waals surface area contributed by atoms with E-state index in [1.54, 1.807) is 0 Å². The van der Waals surface area contributed by atoms with E-state index in [4.69, 9.17) is 0 Å². The Labute approximate surface area is 330 Å². The Morgan fingerprint density at radius 3 is 1.66 bits per heavy atom. The summed E-state index contributed by atoms with van der Waals surface area (Å²) in [5, 5.41) is 10.1. The van der Waals surface area contributed by atoms with Crippen molar-refractivity contribution in [2.24, 2.45) is 0 Å². The van der Waals surface area contributed by atoms with Crippen molar-refractivity contribution >= 4 is 80.9 Å². The van der Waals surface area contributed by atoms with Crippen LogP contribution in [0.1, 0.15) is 0 Å². The number of anilines is 3. The number of rotatable bonds is 6. The highest BCUT2D eigenvalue weighted by Gasteiger charge is 2.21. The van der Waals surface area contributed by atoms with Crippen LogP contribution in [0.25, 0.3) is 85.9 Å². The van der Waals surface area contributed by atoms with Crippen molar-refractivity contribution in [3.63, 3.8) is 0 Å². The van der Waals surface area contributed by atoms with E-state index in [1.807, 2.05) is 11.3 Å². The summed E-state index contributed by atoms with van der Waals surface area (Å²) in [5.74, 6) is 0. The SMILES string of the molecule is c1ccc(-c2ccc(-c3ccc(N(c4ccc5ccccc5c4)c4cccc5sc6c7ccccc7c(-c7cccc8ccccc78)cc6c45)cc3)cc2)cc1. The van der Waals surface area contributed by atoms with E-state index in [1.165, 1.54) is 91.6 Å². The van der Waals surface area contributed by atoms with Gasteiger partial charge in [-0.05, 0) is 103 Å². The Bertz CT molecular complexity index is 3230. The zero-order valence-electron chi connectivity index (χ0n) is 30.6. The summed E-state index contributed by atoms with van der Waals surface area (Å²) in [6, 6.07) is 77.7. The second kappa shape index (κ2) is 13.4. The highest BCUT2D eigenvalue weighted by molar-refractivity contribution is 7.26. The van der Waals surface area contributed by atoms with Gasteiger partial charge in [0.15, 0.2) is 0 Å². The van der Waals surface area contributed by atoms with Crippen molar-refractivity contribution in [3.05, 3.63) is 212 Å². The van der Waals surface area contributed by atoms with Crippen LogP contribution in [0, 0.1) is 0 Å². The second-order valence-electron chi connectivity index (χ2n) is 14.5. The molecular weight excluding hydrogens is 695 g/mol. The van der Waals surface area contributed by atoms with Gasteiger partial charge in [-0.1, -0.05) is 170 Å². The molecule has 0 radical (unpaired) electrons. The molecule has 262 valence electrons. The standard InChI is InChI=1S/C54H35NS/c1-2-12-36(13-3-1)38-24-26-39(27-25-38)40-28-31-43(32-29-40)55(44-33-30-37-14-4-5-16-42(37)34-44)51-22-11-23-52-53(51)50-35-49(47-19-8-9-20-48(47)54(50)56-52)46-21-10-17-41-15-6-7-18-45(41)46/h1-35H. The average molecular weight is 730 g/mol. The number of fused-ring (bicyclic) bond motifs is 7. The summed E-state index contributed by atoms with van der Waals surface area (Å²) in [5.41, 5.74) is 10.8. The molecule has 0 saturated heterocycles. The topological polar surface area (TPSA) is 3.24 Å². The lowest BCUT2D eigenvalue weighted by Crippen LogP contribution is -2.10. The number of nitrogens with zero attached hydrogens (tertiary/aromatic N) is 1. The largest absolute Gasteiger partial charge is 0.310 e. The van der Waals surface area contributed by atoms with Crippen LogP contribution in [0.5, 0.6) is 0 Å². The summed E-state index contributed by atoms with van der Waals surface area (Å²) >= 11 is 1.90. The lowest BCUT2D eigenvalue weighted by atomic mass is 9.92. The number of thiophene rings is 1. The molecule has 1 nitrogen and oxygen atoms in total. The lowest BCUT2D eigenvalue weighted by Gasteiger charge is -2.27. The fourth-order valence-electron chi connectivity index (χ4n) is 8.53. The van der Waals surface area contributed by atoms with Gasteiger partial charge in [0.25, 0.3) is 0 Å². The Kier molecular flexibility index (Phi) is 7.75. The molecule has 0 saturated carbocycles. The highest BCUT2D eigenvalue weighted by atomic mass is 32.1. The van der Waals surface area contributed by atoms with Gasteiger partial charge in [-0.2, -0.15) is 0 Å². The molecule has 0 unspecified atom stereocenters. The minimum absolute atomic E-state index is 1.12. The van der Waals surface area contributed by atoms with Crippen molar-refractivity contribution in [1.82, 2.24) is 0 Å². The van der Waals surface area contributed by atoms with Gasteiger partial charge in [0.2, 0.25) is 0 Å². The number of hydrogen-bond acceptors (Lipinski definition) is 2. The van der Waals surface area contributed by atoms with E-state index in [-0.39, 0.29) is 0 Å². The smallest absolute Gasteiger partial charge is 0.0554 e. The average Bonchev–Trinajstić information content (AvgIpc) is 3.66. The van der Waals surface area contributed by atoms with Gasteiger partial charge in [-0.3, -0.25) is 0 Å². The van der Waals surface area contributed by atoms with Crippen LogP contribution >= 0.6 is 11.3 Å².